The minimum Gasteiger partial charge on any atom is -0.496 e. The minimum absolute atomic E-state index is 0. The van der Waals surface area contributed by atoms with Crippen LogP contribution in [0.3, 0.4) is 0 Å². The summed E-state index contributed by atoms with van der Waals surface area (Å²) < 4.78 is 26.1. The number of hydrogen-bond donors (Lipinski definition) is 3. The summed E-state index contributed by atoms with van der Waals surface area (Å²) in [5.74, 6) is 5.09. The van der Waals surface area contributed by atoms with E-state index in [4.69, 9.17) is 68.2 Å². The highest BCUT2D eigenvalue weighted by atomic mass is 35.5. The number of aromatic nitrogens is 12. The van der Waals surface area contributed by atoms with Gasteiger partial charge in [-0.05, 0) is 127 Å². The molecule has 0 saturated heterocycles. The van der Waals surface area contributed by atoms with E-state index < -0.39 is 0 Å². The molecule has 4 N–H and O–H groups in total. The van der Waals surface area contributed by atoms with Crippen molar-refractivity contribution in [3.8, 4) is 33.8 Å². The number of hydrogen-bond acceptors (Lipinski definition) is 15. The van der Waals surface area contributed by atoms with Crippen LogP contribution in [0.5, 0.6) is 11.5 Å². The highest BCUT2D eigenvalue weighted by Gasteiger charge is 2.25. The van der Waals surface area contributed by atoms with E-state index in [1.54, 1.807) is 100 Å². The Balaban J connectivity index is 0.000000224. The van der Waals surface area contributed by atoms with Gasteiger partial charge in [-0.2, -0.15) is 10.2 Å². The van der Waals surface area contributed by atoms with E-state index in [0.717, 1.165) is 129 Å². The van der Waals surface area contributed by atoms with Crippen LogP contribution >= 0.6 is 11.6 Å². The number of H-pyrrole nitrogens is 2. The zero-order valence-electron chi connectivity index (χ0n) is 47.5. The summed E-state index contributed by atoms with van der Waals surface area (Å²) in [4.78, 5) is 25.1. The first-order valence-electron chi connectivity index (χ1n) is 24.6. The number of benzene rings is 2. The molecule has 17 nitrogen and oxygen atoms in total. The van der Waals surface area contributed by atoms with E-state index in [-0.39, 0.29) is 25.9 Å². The number of nitrogen functional groups attached to an aromatic ring is 1. The van der Waals surface area contributed by atoms with E-state index in [1.807, 2.05) is 71.5 Å². The molecule has 0 aliphatic heterocycles. The van der Waals surface area contributed by atoms with Gasteiger partial charge in [0.15, 0.2) is 0 Å². The molecular formula is C53H68ClN13O4S13. The Morgan fingerprint density at radius 3 is 1.39 bits per heavy atom. The molecule has 10 rings (SSSR count). The van der Waals surface area contributed by atoms with Gasteiger partial charge in [0.2, 0.25) is 0 Å². The number of anilines is 1. The van der Waals surface area contributed by atoms with Crippen LogP contribution in [0.2, 0.25) is 5.15 Å². The molecule has 0 radical (unpaired) electrons. The lowest BCUT2D eigenvalue weighted by atomic mass is 10.00. The van der Waals surface area contributed by atoms with Gasteiger partial charge in [-0.25, -0.2) is 24.6 Å². The Bertz CT molecular complexity index is 4490. The fourth-order valence-corrected chi connectivity index (χ4v) is 34.0. The number of aromatic amines is 2. The zero-order chi connectivity index (χ0) is 59.8. The van der Waals surface area contributed by atoms with Gasteiger partial charge in [0.25, 0.3) is 0 Å². The maximum absolute atomic E-state index is 6.33. The molecule has 10 aromatic rings. The monoisotopic (exact) mass is 1400 g/mol. The molecule has 0 amide bonds. The molecule has 2 aromatic carbocycles. The van der Waals surface area contributed by atoms with Crippen LogP contribution < -0.4 is 15.2 Å². The standard InChI is InChI=1S/C26H30N6O2.C17H15ClN4O2.C8H15N3.2CH4.S13/c1-13-12-27-32(26(5,6)7)21(13)11-20-24-17-10-22(33-8)18(23-14(2)31-34-15(23)3)9-19(17)30-25(24)29-16(4)28-20;1-7-14(8(2)24-22-7)11-5-12-10(6-13(11)23-4)15-16(18)19-9(3)20-17(15)21-12;1-6-5-10-11(7(6)9)8(2,3)4;;;1-3-5-7-9-11-13-12-10-8-6-4-2/h9-10,12H,11H2,1-8H3,(H,28,29,30);5-6H,1-4H3,(H,19,20,21);5H,9H2,1-4H3;2*1H4;. The highest BCUT2D eigenvalue weighted by Crippen LogP contribution is 2.42. The molecule has 0 bridgehead atoms. The quantitative estimate of drug-likeness (QED) is 0.132. The normalized spacial score (nSPS) is 10.9. The Hall–Kier alpha value is -4.41. The number of aryl methyl sites for hydroxylation is 8. The van der Waals surface area contributed by atoms with Gasteiger partial charge in [0.05, 0.1) is 71.3 Å². The Labute approximate surface area is 536 Å². The smallest absolute Gasteiger partial charge is 0.143 e. The van der Waals surface area contributed by atoms with Crippen LogP contribution in [0, 0.1) is 55.4 Å². The predicted octanol–water partition coefficient (Wildman–Crippen LogP) is 12.7. The molecule has 8 heterocycles. The third-order valence-corrected chi connectivity index (χ3v) is 34.9. The summed E-state index contributed by atoms with van der Waals surface area (Å²) in [6.45, 7) is 28.2. The minimum atomic E-state index is -0.128. The summed E-state index contributed by atoms with van der Waals surface area (Å²) in [5, 5.41) is 21.2. The number of ether oxygens (including phenoxy) is 2. The third kappa shape index (κ3) is 16.6. The first kappa shape index (κ1) is 70.4. The molecule has 0 spiro atoms. The lowest BCUT2D eigenvalue weighted by Gasteiger charge is -2.23. The molecule has 0 saturated carbocycles. The van der Waals surface area contributed by atoms with E-state index in [0.29, 0.717) is 23.0 Å². The molecule has 0 aliphatic carbocycles. The van der Waals surface area contributed by atoms with Crippen LogP contribution in [-0.4, -0.2) is 74.0 Å². The van der Waals surface area contributed by atoms with E-state index in [9.17, 15) is 0 Å². The Morgan fingerprint density at radius 1 is 0.583 bits per heavy atom. The molecule has 8 aromatic heterocycles. The molecule has 0 fully saturated rings. The molecule has 454 valence electrons. The molecule has 31 heteroatoms. The number of nitrogens with one attached hydrogen (secondary N) is 2. The van der Waals surface area contributed by atoms with Crippen LogP contribution in [0.15, 0.2) is 45.7 Å². The Morgan fingerprint density at radius 2 is 1.00 bits per heavy atom. The third-order valence-electron chi connectivity index (χ3n) is 12.4. The van der Waals surface area contributed by atoms with Crippen LogP contribution in [0.4, 0.5) is 5.82 Å². The lowest BCUT2D eigenvalue weighted by Crippen LogP contribution is -2.25. The van der Waals surface area contributed by atoms with Crippen molar-refractivity contribution >= 4 is 181 Å². The number of rotatable bonds is 6. The average Bonchev–Trinajstić information content (AvgIpc) is 1.89. The summed E-state index contributed by atoms with van der Waals surface area (Å²) in [7, 11) is 21.4. The molecule has 0 aliphatic rings. The number of nitrogens with zero attached hydrogens (tertiary/aromatic N) is 10. The van der Waals surface area contributed by atoms with Gasteiger partial charge in [-0.15, -0.1) is 0 Å². The number of halogens is 1. The zero-order valence-corrected chi connectivity index (χ0v) is 58.9. The fourth-order valence-electron chi connectivity index (χ4n) is 8.98. The number of fused-ring (bicyclic) bond motifs is 6. The summed E-state index contributed by atoms with van der Waals surface area (Å²) in [5.41, 5.74) is 18.7. The second-order valence-electron chi connectivity index (χ2n) is 20.1. The van der Waals surface area contributed by atoms with Gasteiger partial charge in [0, 0.05) is 176 Å². The van der Waals surface area contributed by atoms with Gasteiger partial charge in [-0.1, -0.05) is 36.8 Å². The second-order valence-corrected chi connectivity index (χ2v) is 40.0. The lowest BCUT2D eigenvalue weighted by molar-refractivity contribution is 0.345. The maximum atomic E-state index is 6.33. The van der Waals surface area contributed by atoms with Gasteiger partial charge in [-0.3, -0.25) is 4.68 Å². The van der Waals surface area contributed by atoms with E-state index in [2.05, 4.69) is 106 Å². The van der Waals surface area contributed by atoms with Crippen LogP contribution in [0.25, 0.3) is 66.1 Å². The molecule has 0 unspecified atom stereocenters. The van der Waals surface area contributed by atoms with Gasteiger partial charge < -0.3 is 34.2 Å². The average molecular weight is 1400 g/mol. The first-order chi connectivity index (χ1) is 38.9. The van der Waals surface area contributed by atoms with Crippen molar-refractivity contribution in [2.45, 2.75) is 129 Å². The van der Waals surface area contributed by atoms with Crippen LogP contribution in [0.1, 0.15) is 113 Å². The highest BCUT2D eigenvalue weighted by molar-refractivity contribution is 8.75. The number of nitrogens with two attached hydrogens (primary N) is 1. The summed E-state index contributed by atoms with van der Waals surface area (Å²) >= 11 is 15.7. The summed E-state index contributed by atoms with van der Waals surface area (Å²) in [6, 6.07) is 8.10. The molecule has 0 atom stereocenters. The number of methoxy groups -OCH3 is 2. The van der Waals surface area contributed by atoms with Crippen molar-refractivity contribution < 1.29 is 18.5 Å². The molecular weight excluding hydrogens is 1330 g/mol. The van der Waals surface area contributed by atoms with Crippen molar-refractivity contribution in [2.75, 3.05) is 20.0 Å². The topological polar surface area (TPSA) is 215 Å². The van der Waals surface area contributed by atoms with Gasteiger partial charge >= 0.3 is 0 Å². The fraction of sp³-hybridized carbons (Fsp3) is 0.396. The largest absolute Gasteiger partial charge is 0.496 e. The van der Waals surface area contributed by atoms with Gasteiger partial charge in [0.1, 0.15) is 56.9 Å². The molecule has 84 heavy (non-hydrogen) atoms. The summed E-state index contributed by atoms with van der Waals surface area (Å²) in [6.07, 6.45) is 4.38. The van der Waals surface area contributed by atoms with Crippen molar-refractivity contribution in [1.29, 1.82) is 0 Å². The van der Waals surface area contributed by atoms with Crippen molar-refractivity contribution in [1.82, 2.24) is 59.8 Å². The van der Waals surface area contributed by atoms with E-state index in [1.165, 1.54) is 17.8 Å². The maximum Gasteiger partial charge on any atom is 0.143 e. The van der Waals surface area contributed by atoms with Crippen molar-refractivity contribution in [2.24, 2.45) is 0 Å². The van der Waals surface area contributed by atoms with E-state index >= 15 is 0 Å². The Kier molecular flexibility index (Phi) is 25.9. The second kappa shape index (κ2) is 31.0. The van der Waals surface area contributed by atoms with Crippen molar-refractivity contribution in [3.05, 3.63) is 98.9 Å². The first-order valence-corrected chi connectivity index (χ1v) is 41.0. The predicted molar refractivity (Wildman–Crippen MR) is 381 cm³/mol. The SMILES string of the molecule is C.C.COc1cc2c(cc1-c1c(C)noc1C)[nH]c1nc(C)nc(Cc3c(C)cnn3C(C)(C)C)c12.COc1cc2c(cc1-c1c(C)noc1C)[nH]c1nc(C)nc(Cl)c12.Cc1cnn(C(C)(C)C)c1N.S=S=S=S=S=S=S=S=S=S=S=S=S. The van der Waals surface area contributed by atoms with Crippen LogP contribution in [-0.2, 0) is 138 Å². The van der Waals surface area contributed by atoms with Crippen molar-refractivity contribution in [3.63, 3.8) is 0 Å².